The summed E-state index contributed by atoms with van der Waals surface area (Å²) in [6.07, 6.45) is 0. The van der Waals surface area contributed by atoms with Crippen LogP contribution in [0.3, 0.4) is 0 Å². The number of hydrogen-bond donors (Lipinski definition) is 3. The minimum atomic E-state index is -0.480. The molecule has 0 unspecified atom stereocenters. The minimum Gasteiger partial charge on any atom is -0.496 e. The number of nitrogens with two attached hydrogens (primary N) is 1. The van der Waals surface area contributed by atoms with Crippen LogP contribution in [0, 0.1) is 0 Å². The molecule has 0 spiro atoms. The van der Waals surface area contributed by atoms with Gasteiger partial charge in [-0.25, -0.2) is 14.3 Å². The summed E-state index contributed by atoms with van der Waals surface area (Å²) in [7, 11) is 1.57. The Morgan fingerprint density at radius 1 is 1.34 bits per heavy atom. The molecule has 2 amide bonds. The largest absolute Gasteiger partial charge is 0.496 e. The molecule has 0 fully saturated rings. The quantitative estimate of drug-likeness (QED) is 0.348. The van der Waals surface area contributed by atoms with Crippen LogP contribution in [0.25, 0.3) is 11.4 Å². The second-order valence-corrected chi connectivity index (χ2v) is 7.04. The van der Waals surface area contributed by atoms with E-state index in [4.69, 9.17) is 15.3 Å². The summed E-state index contributed by atoms with van der Waals surface area (Å²) in [4.78, 5) is 24.2. The van der Waals surface area contributed by atoms with Gasteiger partial charge in [-0.3, -0.25) is 0 Å². The van der Waals surface area contributed by atoms with Crippen LogP contribution in [0.4, 0.5) is 4.79 Å². The van der Waals surface area contributed by atoms with Crippen molar-refractivity contribution in [3.63, 3.8) is 0 Å². The number of carbonyl (C=O) groups excluding carboxylic acids is 2. The molecule has 154 valence electrons. The summed E-state index contributed by atoms with van der Waals surface area (Å²) in [6, 6.07) is 6.47. The molecule has 1 aromatic heterocycles. The topological polar surface area (TPSA) is 133 Å². The molecular weight excluding hydrogens is 396 g/mol. The maximum atomic E-state index is 12.3. The third kappa shape index (κ3) is 4.29. The van der Waals surface area contributed by atoms with Gasteiger partial charge >= 0.3 is 12.0 Å². The number of thioether (sulfide) groups is 1. The van der Waals surface area contributed by atoms with E-state index in [1.54, 1.807) is 27.0 Å². The first-order chi connectivity index (χ1) is 14.0. The molecule has 10 nitrogen and oxygen atoms in total. The van der Waals surface area contributed by atoms with Gasteiger partial charge in [0.1, 0.15) is 5.75 Å². The van der Waals surface area contributed by atoms with E-state index in [0.717, 1.165) is 0 Å². The molecule has 1 aliphatic heterocycles. The first-order valence-corrected chi connectivity index (χ1v) is 9.89. The second-order valence-electron chi connectivity index (χ2n) is 6.10. The molecule has 4 N–H and O–H groups in total. The van der Waals surface area contributed by atoms with Gasteiger partial charge in [0, 0.05) is 11.4 Å². The average Bonchev–Trinajstić information content (AvgIpc) is 3.06. The molecule has 11 heteroatoms. The molecule has 29 heavy (non-hydrogen) atoms. The van der Waals surface area contributed by atoms with E-state index in [9.17, 15) is 9.59 Å². The predicted molar refractivity (Wildman–Crippen MR) is 108 cm³/mol. The summed E-state index contributed by atoms with van der Waals surface area (Å²) < 4.78 is 11.8. The van der Waals surface area contributed by atoms with Gasteiger partial charge in [-0.2, -0.15) is 0 Å². The van der Waals surface area contributed by atoms with Crippen LogP contribution < -0.4 is 21.2 Å². The summed E-state index contributed by atoms with van der Waals surface area (Å²) in [5, 5.41) is 14.0. The van der Waals surface area contributed by atoms with E-state index in [1.807, 2.05) is 18.2 Å². The molecule has 0 bridgehead atoms. The number of amides is 2. The average molecular weight is 418 g/mol. The predicted octanol–water partition coefficient (Wildman–Crippen LogP) is 1.28. The molecule has 0 saturated carbocycles. The number of nitrogen functional groups attached to an aromatic ring is 1. The number of benzene rings is 1. The van der Waals surface area contributed by atoms with Gasteiger partial charge in [0.25, 0.3) is 0 Å². The van der Waals surface area contributed by atoms with Gasteiger partial charge in [-0.05, 0) is 26.0 Å². The highest BCUT2D eigenvalue weighted by molar-refractivity contribution is 7.99. The summed E-state index contributed by atoms with van der Waals surface area (Å²) in [5.41, 5.74) is 1.52. The van der Waals surface area contributed by atoms with Crippen LogP contribution in [0.15, 0.2) is 40.7 Å². The summed E-state index contributed by atoms with van der Waals surface area (Å²) >= 11 is 1.24. The van der Waals surface area contributed by atoms with Crippen molar-refractivity contribution in [2.75, 3.05) is 25.3 Å². The number of para-hydroxylation sites is 1. The van der Waals surface area contributed by atoms with Crippen molar-refractivity contribution in [3.05, 3.63) is 35.5 Å². The molecule has 1 aromatic carbocycles. The first-order valence-electron chi connectivity index (χ1n) is 8.90. The standard InChI is InChI=1S/C18H22N6O4S/c1-4-28-16(25)14-10(2)20-17(26)21-12(14)9-29-18-23-22-15(24(18)19)11-7-5-6-8-13(11)27-3/h5-8,10H,4,9,19H2,1-3H3,(H2,20,21,26)/t10-/m1/s1. The first kappa shape index (κ1) is 20.5. The lowest BCUT2D eigenvalue weighted by atomic mass is 10.1. The number of nitrogens with zero attached hydrogens (tertiary/aromatic N) is 3. The zero-order valence-corrected chi connectivity index (χ0v) is 17.1. The Balaban J connectivity index is 1.85. The Labute approximate surface area is 171 Å². The number of hydrogen-bond acceptors (Lipinski definition) is 8. The smallest absolute Gasteiger partial charge is 0.337 e. The Morgan fingerprint density at radius 2 is 2.10 bits per heavy atom. The lowest BCUT2D eigenvalue weighted by Crippen LogP contribution is -2.49. The molecule has 0 radical (unpaired) electrons. The van der Waals surface area contributed by atoms with Crippen molar-refractivity contribution in [1.29, 1.82) is 0 Å². The number of carbonyl (C=O) groups is 2. The SMILES string of the molecule is CCOC(=O)C1=C(CSc2nnc(-c3ccccc3OC)n2N)NC(=O)N[C@@H]1C. The van der Waals surface area contributed by atoms with Gasteiger partial charge in [0.2, 0.25) is 5.16 Å². The molecule has 0 aliphatic carbocycles. The maximum absolute atomic E-state index is 12.3. The van der Waals surface area contributed by atoms with Crippen LogP contribution in [-0.2, 0) is 9.53 Å². The molecule has 3 rings (SSSR count). The normalized spacial score (nSPS) is 16.2. The highest BCUT2D eigenvalue weighted by atomic mass is 32.2. The van der Waals surface area contributed by atoms with Crippen LogP contribution in [0.1, 0.15) is 13.8 Å². The number of aromatic nitrogens is 3. The minimum absolute atomic E-state index is 0.239. The van der Waals surface area contributed by atoms with Crippen molar-refractivity contribution in [2.45, 2.75) is 25.0 Å². The fraction of sp³-hybridized carbons (Fsp3) is 0.333. The molecule has 1 aliphatic rings. The van der Waals surface area contributed by atoms with Gasteiger partial charge in [-0.15, -0.1) is 10.2 Å². The molecule has 0 saturated heterocycles. The van der Waals surface area contributed by atoms with Crippen LogP contribution >= 0.6 is 11.8 Å². The van der Waals surface area contributed by atoms with E-state index < -0.39 is 12.0 Å². The van der Waals surface area contributed by atoms with Crippen molar-refractivity contribution in [1.82, 2.24) is 25.5 Å². The molecular formula is C18H22N6O4S. The van der Waals surface area contributed by atoms with Gasteiger partial charge in [0.05, 0.1) is 30.9 Å². The monoisotopic (exact) mass is 418 g/mol. The second kappa shape index (κ2) is 8.86. The van der Waals surface area contributed by atoms with Crippen molar-refractivity contribution >= 4 is 23.8 Å². The lowest BCUT2D eigenvalue weighted by Gasteiger charge is -2.26. The van der Waals surface area contributed by atoms with Crippen molar-refractivity contribution in [3.8, 4) is 17.1 Å². The molecule has 1 atom stereocenters. The Kier molecular flexibility index (Phi) is 6.27. The van der Waals surface area contributed by atoms with Gasteiger partial charge < -0.3 is 25.9 Å². The number of rotatable bonds is 7. The Bertz CT molecular complexity index is 958. The zero-order chi connectivity index (χ0) is 21.0. The lowest BCUT2D eigenvalue weighted by molar-refractivity contribution is -0.138. The molecule has 2 heterocycles. The van der Waals surface area contributed by atoms with Crippen LogP contribution in [-0.4, -0.2) is 52.4 Å². The van der Waals surface area contributed by atoms with E-state index >= 15 is 0 Å². The third-order valence-electron chi connectivity index (χ3n) is 4.22. The van der Waals surface area contributed by atoms with Crippen LogP contribution in [0.2, 0.25) is 0 Å². The highest BCUT2D eigenvalue weighted by Gasteiger charge is 2.30. The fourth-order valence-corrected chi connectivity index (χ4v) is 3.74. The van der Waals surface area contributed by atoms with Gasteiger partial charge in [0.15, 0.2) is 5.82 Å². The maximum Gasteiger partial charge on any atom is 0.337 e. The summed E-state index contributed by atoms with van der Waals surface area (Å²) in [6.45, 7) is 3.69. The Hall–Kier alpha value is -3.21. The highest BCUT2D eigenvalue weighted by Crippen LogP contribution is 2.30. The van der Waals surface area contributed by atoms with E-state index in [0.29, 0.717) is 33.6 Å². The number of esters is 1. The third-order valence-corrected chi connectivity index (χ3v) is 5.19. The number of methoxy groups -OCH3 is 1. The van der Waals surface area contributed by atoms with Crippen molar-refractivity contribution in [2.24, 2.45) is 0 Å². The summed E-state index contributed by atoms with van der Waals surface area (Å²) in [5.74, 6) is 7.01. The Morgan fingerprint density at radius 3 is 2.83 bits per heavy atom. The van der Waals surface area contributed by atoms with E-state index in [2.05, 4.69) is 20.8 Å². The fourth-order valence-electron chi connectivity index (χ4n) is 2.92. The van der Waals surface area contributed by atoms with Crippen molar-refractivity contribution < 1.29 is 19.1 Å². The van der Waals surface area contributed by atoms with E-state index in [1.165, 1.54) is 16.4 Å². The van der Waals surface area contributed by atoms with Gasteiger partial charge in [-0.1, -0.05) is 23.9 Å². The number of nitrogens with one attached hydrogen (secondary N) is 2. The number of ether oxygens (including phenoxy) is 2. The number of urea groups is 1. The molecule has 2 aromatic rings. The van der Waals surface area contributed by atoms with Crippen LogP contribution in [0.5, 0.6) is 5.75 Å². The van der Waals surface area contributed by atoms with E-state index in [-0.39, 0.29) is 18.4 Å². The zero-order valence-electron chi connectivity index (χ0n) is 16.3.